The molecule has 1 aromatic rings. The molecule has 19 heavy (non-hydrogen) atoms. The summed E-state index contributed by atoms with van der Waals surface area (Å²) in [6.07, 6.45) is 1.01. The molecule has 1 rings (SSSR count). The van der Waals surface area contributed by atoms with Crippen molar-refractivity contribution >= 4 is 11.7 Å². The van der Waals surface area contributed by atoms with Crippen molar-refractivity contribution in [1.82, 2.24) is 5.32 Å². The maximum absolute atomic E-state index is 11.1. The molecule has 0 aliphatic carbocycles. The predicted octanol–water partition coefficient (Wildman–Crippen LogP) is 2.03. The lowest BCUT2D eigenvalue weighted by Crippen LogP contribution is -2.17. The zero-order valence-electron chi connectivity index (χ0n) is 10.9. The molecule has 0 saturated carbocycles. The monoisotopic (exact) mass is 266 g/mol. The molecule has 6 heteroatoms. The van der Waals surface area contributed by atoms with Crippen molar-refractivity contribution < 1.29 is 14.5 Å². The number of para-hydroxylation sites is 1. The van der Waals surface area contributed by atoms with Crippen LogP contribution in [-0.4, -0.2) is 24.0 Å². The number of hydrogen-bond donors (Lipinski definition) is 1. The summed E-state index contributed by atoms with van der Waals surface area (Å²) in [7, 11) is 0. The van der Waals surface area contributed by atoms with E-state index >= 15 is 0 Å². The minimum atomic E-state index is -0.393. The quantitative estimate of drug-likeness (QED) is 0.337. The summed E-state index contributed by atoms with van der Waals surface area (Å²) in [5.41, 5.74) is 0.754. The Hall–Kier alpha value is -1.95. The summed E-state index contributed by atoms with van der Waals surface area (Å²) in [5, 5.41) is 13.9. The van der Waals surface area contributed by atoms with Crippen LogP contribution in [0, 0.1) is 10.1 Å². The summed E-state index contributed by atoms with van der Waals surface area (Å²) in [6, 6.07) is 6.61. The number of ether oxygens (including phenoxy) is 1. The summed E-state index contributed by atoms with van der Waals surface area (Å²) < 4.78 is 4.80. The van der Waals surface area contributed by atoms with Crippen LogP contribution in [0.1, 0.15) is 25.3 Å². The SMILES string of the molecule is CCOC(=O)CCCNCc1ccccc1[N+](=O)[O-]. The Morgan fingerprint density at radius 2 is 2.16 bits per heavy atom. The lowest BCUT2D eigenvalue weighted by atomic mass is 10.2. The van der Waals surface area contributed by atoms with Crippen LogP contribution in [0.3, 0.4) is 0 Å². The van der Waals surface area contributed by atoms with Gasteiger partial charge in [0.05, 0.1) is 11.5 Å². The minimum absolute atomic E-state index is 0.111. The highest BCUT2D eigenvalue weighted by atomic mass is 16.6. The number of nitrogens with zero attached hydrogens (tertiary/aromatic N) is 1. The van der Waals surface area contributed by atoms with E-state index in [0.717, 1.165) is 0 Å². The molecule has 0 atom stereocenters. The summed E-state index contributed by atoms with van der Waals surface area (Å²) in [5.74, 6) is -0.213. The van der Waals surface area contributed by atoms with Crippen molar-refractivity contribution in [2.24, 2.45) is 0 Å². The van der Waals surface area contributed by atoms with Gasteiger partial charge in [0.25, 0.3) is 5.69 Å². The topological polar surface area (TPSA) is 81.5 Å². The Morgan fingerprint density at radius 1 is 1.42 bits per heavy atom. The third kappa shape index (κ3) is 5.48. The second-order valence-electron chi connectivity index (χ2n) is 3.97. The van der Waals surface area contributed by atoms with Gasteiger partial charge in [0.15, 0.2) is 0 Å². The smallest absolute Gasteiger partial charge is 0.305 e. The van der Waals surface area contributed by atoms with E-state index in [0.29, 0.717) is 38.1 Å². The van der Waals surface area contributed by atoms with Crippen LogP contribution >= 0.6 is 0 Å². The summed E-state index contributed by atoms with van der Waals surface area (Å²) in [4.78, 5) is 21.5. The van der Waals surface area contributed by atoms with Gasteiger partial charge >= 0.3 is 5.97 Å². The second-order valence-corrected chi connectivity index (χ2v) is 3.97. The van der Waals surface area contributed by atoms with E-state index < -0.39 is 4.92 Å². The molecule has 0 unspecified atom stereocenters. The molecule has 0 saturated heterocycles. The Labute approximate surface area is 111 Å². The maximum atomic E-state index is 11.1. The molecule has 0 fully saturated rings. The summed E-state index contributed by atoms with van der Waals surface area (Å²) in [6.45, 7) is 3.19. The standard InChI is InChI=1S/C13H18N2O4/c1-2-19-13(16)8-5-9-14-10-11-6-3-4-7-12(11)15(17)18/h3-4,6-7,14H,2,5,8-10H2,1H3. The van der Waals surface area contributed by atoms with Gasteiger partial charge in [-0.15, -0.1) is 0 Å². The molecule has 0 aliphatic heterocycles. The van der Waals surface area contributed by atoms with E-state index in [1.165, 1.54) is 6.07 Å². The fraction of sp³-hybridized carbons (Fsp3) is 0.462. The first-order chi connectivity index (χ1) is 9.15. The number of rotatable bonds is 8. The van der Waals surface area contributed by atoms with Gasteiger partial charge in [0, 0.05) is 24.6 Å². The predicted molar refractivity (Wildman–Crippen MR) is 70.7 cm³/mol. The van der Waals surface area contributed by atoms with Crippen LogP contribution in [0.5, 0.6) is 0 Å². The average Bonchev–Trinajstić information content (AvgIpc) is 2.39. The van der Waals surface area contributed by atoms with Crippen LogP contribution in [0.2, 0.25) is 0 Å². The third-order valence-corrected chi connectivity index (χ3v) is 2.54. The van der Waals surface area contributed by atoms with Gasteiger partial charge < -0.3 is 10.1 Å². The lowest BCUT2D eigenvalue weighted by molar-refractivity contribution is -0.385. The highest BCUT2D eigenvalue weighted by molar-refractivity contribution is 5.69. The van der Waals surface area contributed by atoms with E-state index in [1.807, 2.05) is 0 Å². The van der Waals surface area contributed by atoms with Crippen molar-refractivity contribution in [2.45, 2.75) is 26.3 Å². The zero-order chi connectivity index (χ0) is 14.1. The Morgan fingerprint density at radius 3 is 2.84 bits per heavy atom. The van der Waals surface area contributed by atoms with E-state index in [1.54, 1.807) is 25.1 Å². The first kappa shape index (κ1) is 15.1. The number of carbonyl (C=O) groups excluding carboxylic acids is 1. The summed E-state index contributed by atoms with van der Waals surface area (Å²) >= 11 is 0. The van der Waals surface area contributed by atoms with Crippen molar-refractivity contribution in [2.75, 3.05) is 13.2 Å². The number of hydrogen-bond acceptors (Lipinski definition) is 5. The highest BCUT2D eigenvalue weighted by Gasteiger charge is 2.11. The fourth-order valence-corrected chi connectivity index (χ4v) is 1.65. The minimum Gasteiger partial charge on any atom is -0.466 e. The Bertz CT molecular complexity index is 434. The first-order valence-corrected chi connectivity index (χ1v) is 6.23. The molecule has 1 N–H and O–H groups in total. The molecule has 6 nitrogen and oxygen atoms in total. The molecule has 0 aromatic heterocycles. The molecular weight excluding hydrogens is 248 g/mol. The van der Waals surface area contributed by atoms with Gasteiger partial charge in [-0.2, -0.15) is 0 Å². The number of carbonyl (C=O) groups is 1. The van der Waals surface area contributed by atoms with Gasteiger partial charge in [-0.1, -0.05) is 18.2 Å². The van der Waals surface area contributed by atoms with Crippen LogP contribution in [0.15, 0.2) is 24.3 Å². The lowest BCUT2D eigenvalue weighted by Gasteiger charge is -2.05. The normalized spacial score (nSPS) is 10.2. The van der Waals surface area contributed by atoms with Gasteiger partial charge in [0.1, 0.15) is 0 Å². The van der Waals surface area contributed by atoms with Gasteiger partial charge in [0.2, 0.25) is 0 Å². The molecule has 0 heterocycles. The van der Waals surface area contributed by atoms with E-state index in [9.17, 15) is 14.9 Å². The van der Waals surface area contributed by atoms with Gasteiger partial charge in [-0.3, -0.25) is 14.9 Å². The van der Waals surface area contributed by atoms with Gasteiger partial charge in [-0.05, 0) is 19.9 Å². The largest absolute Gasteiger partial charge is 0.466 e. The molecular formula is C13H18N2O4. The molecule has 104 valence electrons. The van der Waals surface area contributed by atoms with Crippen molar-refractivity contribution in [3.05, 3.63) is 39.9 Å². The fourth-order valence-electron chi connectivity index (χ4n) is 1.65. The van der Waals surface area contributed by atoms with E-state index in [4.69, 9.17) is 4.74 Å². The van der Waals surface area contributed by atoms with Crippen molar-refractivity contribution in [1.29, 1.82) is 0 Å². The van der Waals surface area contributed by atoms with Crippen molar-refractivity contribution in [3.63, 3.8) is 0 Å². The number of esters is 1. The van der Waals surface area contributed by atoms with Crippen LogP contribution < -0.4 is 5.32 Å². The van der Waals surface area contributed by atoms with Crippen LogP contribution in [0.4, 0.5) is 5.69 Å². The number of benzene rings is 1. The molecule has 0 bridgehead atoms. The molecule has 0 spiro atoms. The molecule has 1 aromatic carbocycles. The number of nitro benzene ring substituents is 1. The number of nitrogens with one attached hydrogen (secondary N) is 1. The first-order valence-electron chi connectivity index (χ1n) is 6.23. The van der Waals surface area contributed by atoms with Crippen LogP contribution in [0.25, 0.3) is 0 Å². The molecule has 0 amide bonds. The molecule has 0 radical (unpaired) electrons. The van der Waals surface area contributed by atoms with E-state index in [-0.39, 0.29) is 11.7 Å². The Kier molecular flexibility index (Phi) is 6.52. The highest BCUT2D eigenvalue weighted by Crippen LogP contribution is 2.16. The average molecular weight is 266 g/mol. The zero-order valence-corrected chi connectivity index (χ0v) is 10.9. The van der Waals surface area contributed by atoms with Gasteiger partial charge in [-0.25, -0.2) is 0 Å². The second kappa shape index (κ2) is 8.20. The maximum Gasteiger partial charge on any atom is 0.305 e. The van der Waals surface area contributed by atoms with Crippen molar-refractivity contribution in [3.8, 4) is 0 Å². The van der Waals surface area contributed by atoms with Crippen LogP contribution in [-0.2, 0) is 16.1 Å². The van der Waals surface area contributed by atoms with E-state index in [2.05, 4.69) is 5.32 Å². The Balaban J connectivity index is 2.30. The third-order valence-electron chi connectivity index (χ3n) is 2.54. The molecule has 0 aliphatic rings. The number of nitro groups is 1.